The van der Waals surface area contributed by atoms with Gasteiger partial charge in [0.05, 0.1) is 12.1 Å². The van der Waals surface area contributed by atoms with E-state index in [0.717, 1.165) is 17.0 Å². The fourth-order valence-corrected chi connectivity index (χ4v) is 2.67. The Morgan fingerprint density at radius 3 is 1.82 bits per heavy atom. The number of rotatable bonds is 4. The van der Waals surface area contributed by atoms with Crippen molar-refractivity contribution in [2.75, 3.05) is 0 Å². The van der Waals surface area contributed by atoms with Gasteiger partial charge in [-0.05, 0) is 6.07 Å². The Labute approximate surface area is 202 Å². The van der Waals surface area contributed by atoms with Gasteiger partial charge in [-0.25, -0.2) is 9.97 Å². The predicted molar refractivity (Wildman–Crippen MR) is 136 cm³/mol. The van der Waals surface area contributed by atoms with Crippen LogP contribution in [0.1, 0.15) is 64.0 Å². The summed E-state index contributed by atoms with van der Waals surface area (Å²) < 4.78 is 0. The summed E-state index contributed by atoms with van der Waals surface area (Å²) in [6, 6.07) is 21.2. The molecule has 3 rings (SSSR count). The van der Waals surface area contributed by atoms with Gasteiger partial charge in [0.1, 0.15) is 12.1 Å². The van der Waals surface area contributed by atoms with Crippen molar-refractivity contribution < 1.29 is 14.4 Å². The number of ketones is 2. The van der Waals surface area contributed by atoms with Crippen LogP contribution in [0.3, 0.4) is 0 Å². The topological polar surface area (TPSA) is 103 Å². The predicted octanol–water partition coefficient (Wildman–Crippen LogP) is 5.42. The van der Waals surface area contributed by atoms with Crippen LogP contribution in [0.4, 0.5) is 0 Å². The minimum atomic E-state index is -0.440. The molecule has 0 atom stereocenters. The molecule has 0 saturated heterocycles. The zero-order valence-electron chi connectivity index (χ0n) is 20.9. The van der Waals surface area contributed by atoms with Crippen molar-refractivity contribution in [2.24, 2.45) is 11.1 Å². The Kier molecular flexibility index (Phi) is 11.0. The Morgan fingerprint density at radius 2 is 1.35 bits per heavy atom. The molecule has 6 nitrogen and oxygen atoms in total. The third-order valence-corrected chi connectivity index (χ3v) is 4.76. The van der Waals surface area contributed by atoms with E-state index in [-0.39, 0.29) is 29.8 Å². The van der Waals surface area contributed by atoms with Gasteiger partial charge in [0, 0.05) is 27.7 Å². The van der Waals surface area contributed by atoms with Crippen LogP contribution >= 0.6 is 0 Å². The molecule has 0 spiro atoms. The largest absolute Gasteiger partial charge is 0.372 e. The van der Waals surface area contributed by atoms with Crippen LogP contribution in [0.5, 0.6) is 0 Å². The number of nitrogens with two attached hydrogens (primary N) is 1. The highest BCUT2D eigenvalue weighted by Gasteiger charge is 2.23. The van der Waals surface area contributed by atoms with Crippen molar-refractivity contribution in [3.8, 4) is 11.3 Å². The Balaban J connectivity index is 0.000000306. The first-order valence-corrected chi connectivity index (χ1v) is 11.0. The molecule has 1 aromatic heterocycles. The second-order valence-corrected chi connectivity index (χ2v) is 9.68. The van der Waals surface area contributed by atoms with Gasteiger partial charge in [0.25, 0.3) is 0 Å². The van der Waals surface area contributed by atoms with E-state index in [1.807, 2.05) is 45.0 Å². The summed E-state index contributed by atoms with van der Waals surface area (Å²) in [6.45, 7) is 12.0. The van der Waals surface area contributed by atoms with Gasteiger partial charge < -0.3 is 5.73 Å². The smallest absolute Gasteiger partial charge is 0.204 e. The molecule has 0 saturated carbocycles. The van der Waals surface area contributed by atoms with Crippen LogP contribution in [-0.2, 0) is 15.0 Å². The molecule has 0 aliphatic rings. The van der Waals surface area contributed by atoms with E-state index in [1.165, 1.54) is 0 Å². The number of hydrogen-bond donors (Lipinski definition) is 1. The number of amides is 1. The third kappa shape index (κ3) is 9.86. The second kappa shape index (κ2) is 13.1. The highest BCUT2D eigenvalue weighted by molar-refractivity contribution is 6.09. The molecule has 0 bridgehead atoms. The number of benzene rings is 2. The number of Topliss-reactive ketones (excluding diaryl/α,β-unsaturated/α-hetero) is 2. The van der Waals surface area contributed by atoms with Gasteiger partial charge in [-0.1, -0.05) is 102 Å². The molecule has 0 aliphatic carbocycles. The normalized spacial score (nSPS) is 10.6. The summed E-state index contributed by atoms with van der Waals surface area (Å²) in [5.74, 6) is -0.119. The van der Waals surface area contributed by atoms with Crippen LogP contribution in [0, 0.1) is 5.41 Å². The van der Waals surface area contributed by atoms with Crippen LogP contribution < -0.4 is 5.73 Å². The monoisotopic (exact) mass is 461 g/mol. The second-order valence-electron chi connectivity index (χ2n) is 9.68. The van der Waals surface area contributed by atoms with E-state index in [0.29, 0.717) is 5.56 Å². The van der Waals surface area contributed by atoms with Crippen molar-refractivity contribution in [3.05, 3.63) is 84.3 Å². The average molecular weight is 462 g/mol. The molecule has 0 unspecified atom stereocenters. The minimum absolute atomic E-state index is 0.00644. The molecule has 0 fully saturated rings. The SMILES string of the molecule is CC(C)(C)C(=O)CC(=O)c1ccccc1.CC(C)(C)c1cc(-c2ccccc2)ncn1.NC=O. The van der Waals surface area contributed by atoms with Gasteiger partial charge in [0.2, 0.25) is 6.41 Å². The maximum atomic E-state index is 11.7. The average Bonchev–Trinajstić information content (AvgIpc) is 2.80. The Hall–Kier alpha value is -3.67. The lowest BCUT2D eigenvalue weighted by atomic mass is 9.87. The standard InChI is InChI=1S/C14H16N2.C13H16O2.CH3NO/c1-14(2,3)13-9-12(15-10-16-13)11-7-5-4-6-8-11;1-13(2,3)12(15)9-11(14)10-7-5-4-6-8-10;2-1-3/h4-10H,1-3H3;4-8H,9H2,1-3H3;1H,(H2,2,3). The number of carbonyl (C=O) groups excluding carboxylic acids is 3. The Bertz CT molecular complexity index is 1050. The minimum Gasteiger partial charge on any atom is -0.372 e. The summed E-state index contributed by atoms with van der Waals surface area (Å²) in [4.78, 5) is 40.5. The van der Waals surface area contributed by atoms with Crippen molar-refractivity contribution in [2.45, 2.75) is 53.4 Å². The zero-order valence-corrected chi connectivity index (χ0v) is 20.9. The lowest BCUT2D eigenvalue weighted by Crippen LogP contribution is -2.23. The van der Waals surface area contributed by atoms with Gasteiger partial charge in [-0.2, -0.15) is 0 Å². The number of carbonyl (C=O) groups is 3. The Morgan fingerprint density at radius 1 is 0.853 bits per heavy atom. The number of aromatic nitrogens is 2. The molecular weight excluding hydrogens is 426 g/mol. The molecule has 180 valence electrons. The maximum absolute atomic E-state index is 11.7. The molecule has 2 aromatic carbocycles. The molecule has 0 aliphatic heterocycles. The maximum Gasteiger partial charge on any atom is 0.204 e. The number of nitrogens with zero attached hydrogens (tertiary/aromatic N) is 2. The van der Waals surface area contributed by atoms with E-state index < -0.39 is 5.41 Å². The number of hydrogen-bond acceptors (Lipinski definition) is 5. The fraction of sp³-hybridized carbons (Fsp3) is 0.321. The lowest BCUT2D eigenvalue weighted by molar-refractivity contribution is -0.125. The highest BCUT2D eigenvalue weighted by atomic mass is 16.1. The highest BCUT2D eigenvalue weighted by Crippen LogP contribution is 2.23. The first kappa shape index (κ1) is 28.4. The zero-order chi connectivity index (χ0) is 25.8. The fourth-order valence-electron chi connectivity index (χ4n) is 2.67. The van der Waals surface area contributed by atoms with Crippen molar-refractivity contribution in [1.82, 2.24) is 9.97 Å². The lowest BCUT2D eigenvalue weighted by Gasteiger charge is -2.17. The molecule has 34 heavy (non-hydrogen) atoms. The molecule has 6 heteroatoms. The van der Waals surface area contributed by atoms with E-state index >= 15 is 0 Å². The summed E-state index contributed by atoms with van der Waals surface area (Å²) in [7, 11) is 0. The van der Waals surface area contributed by atoms with Gasteiger partial charge in [-0.15, -0.1) is 0 Å². The summed E-state index contributed by atoms with van der Waals surface area (Å²) in [6.07, 6.45) is 1.89. The van der Waals surface area contributed by atoms with Gasteiger partial charge in [-0.3, -0.25) is 14.4 Å². The van der Waals surface area contributed by atoms with E-state index in [1.54, 1.807) is 30.6 Å². The van der Waals surface area contributed by atoms with Crippen LogP contribution in [-0.4, -0.2) is 27.9 Å². The first-order valence-electron chi connectivity index (χ1n) is 11.0. The van der Waals surface area contributed by atoms with Crippen LogP contribution in [0.2, 0.25) is 0 Å². The first-order chi connectivity index (χ1) is 15.9. The van der Waals surface area contributed by atoms with Crippen molar-refractivity contribution in [3.63, 3.8) is 0 Å². The van der Waals surface area contributed by atoms with E-state index in [2.05, 4.69) is 54.7 Å². The molecular formula is C28H35N3O3. The van der Waals surface area contributed by atoms with Gasteiger partial charge in [0.15, 0.2) is 5.78 Å². The van der Waals surface area contributed by atoms with Crippen LogP contribution in [0.25, 0.3) is 11.3 Å². The van der Waals surface area contributed by atoms with E-state index in [4.69, 9.17) is 4.79 Å². The molecule has 3 aromatic rings. The van der Waals surface area contributed by atoms with E-state index in [9.17, 15) is 9.59 Å². The van der Waals surface area contributed by atoms with Gasteiger partial charge >= 0.3 is 0 Å². The quantitative estimate of drug-likeness (QED) is 0.317. The van der Waals surface area contributed by atoms with Crippen LogP contribution in [0.15, 0.2) is 73.1 Å². The summed E-state index contributed by atoms with van der Waals surface area (Å²) >= 11 is 0. The summed E-state index contributed by atoms with van der Waals surface area (Å²) in [5.41, 5.74) is 7.59. The van der Waals surface area contributed by atoms with Crippen molar-refractivity contribution in [1.29, 1.82) is 0 Å². The molecule has 2 N–H and O–H groups in total. The summed E-state index contributed by atoms with van der Waals surface area (Å²) in [5, 5.41) is 0. The van der Waals surface area contributed by atoms with Crippen molar-refractivity contribution >= 4 is 18.0 Å². The molecule has 0 radical (unpaired) electrons. The number of primary amides is 1. The molecule has 1 heterocycles. The molecule has 1 amide bonds. The third-order valence-electron chi connectivity index (χ3n) is 4.76.